The van der Waals surface area contributed by atoms with Gasteiger partial charge in [-0.05, 0) is 0 Å². The van der Waals surface area contributed by atoms with E-state index in [1.807, 2.05) is 4.90 Å². The number of piperidine rings is 1. The van der Waals surface area contributed by atoms with Gasteiger partial charge in [0.15, 0.2) is 9.84 Å². The Balaban J connectivity index is 2.03. The number of ketones is 1. The zero-order chi connectivity index (χ0) is 11.1. The van der Waals surface area contributed by atoms with Gasteiger partial charge in [-0.15, -0.1) is 0 Å². The van der Waals surface area contributed by atoms with Gasteiger partial charge in [-0.1, -0.05) is 0 Å². The first kappa shape index (κ1) is 11.0. The van der Waals surface area contributed by atoms with Crippen LogP contribution in [0, 0.1) is 0 Å². The highest BCUT2D eigenvalue weighted by atomic mass is 32.2. The summed E-state index contributed by atoms with van der Waals surface area (Å²) in [6.07, 6.45) is 0.162. The summed E-state index contributed by atoms with van der Waals surface area (Å²) < 4.78 is 22.6. The van der Waals surface area contributed by atoms with Crippen LogP contribution >= 0.6 is 0 Å². The molecule has 1 N–H and O–H groups in total. The minimum atomic E-state index is -3.08. The van der Waals surface area contributed by atoms with E-state index < -0.39 is 15.9 Å². The summed E-state index contributed by atoms with van der Waals surface area (Å²) >= 11 is 0. The quantitative estimate of drug-likeness (QED) is 0.616. The number of aliphatic hydroxyl groups excluding tert-OH is 1. The van der Waals surface area contributed by atoms with Crippen LogP contribution in [-0.2, 0) is 14.6 Å². The molecule has 0 bridgehead atoms. The molecule has 2 aliphatic rings. The van der Waals surface area contributed by atoms with E-state index in [-0.39, 0.29) is 23.3 Å². The molecule has 2 heterocycles. The van der Waals surface area contributed by atoms with Gasteiger partial charge in [-0.3, -0.25) is 9.69 Å². The fourth-order valence-electron chi connectivity index (χ4n) is 2.26. The third-order valence-corrected chi connectivity index (χ3v) is 4.82. The number of sulfone groups is 1. The molecule has 2 atom stereocenters. The van der Waals surface area contributed by atoms with Gasteiger partial charge in [0.05, 0.1) is 23.7 Å². The highest BCUT2D eigenvalue weighted by molar-refractivity contribution is 7.91. The lowest BCUT2D eigenvalue weighted by molar-refractivity contribution is -0.122. The Morgan fingerprint density at radius 3 is 2.27 bits per heavy atom. The molecule has 2 rings (SSSR count). The van der Waals surface area contributed by atoms with E-state index in [1.165, 1.54) is 0 Å². The zero-order valence-electron chi connectivity index (χ0n) is 8.42. The summed E-state index contributed by atoms with van der Waals surface area (Å²) in [6.45, 7) is 1.16. The van der Waals surface area contributed by atoms with Crippen molar-refractivity contribution in [3.05, 3.63) is 0 Å². The molecular formula is C9H15NO4S. The Labute approximate surface area is 89.0 Å². The van der Waals surface area contributed by atoms with E-state index in [0.29, 0.717) is 25.9 Å². The molecule has 2 saturated heterocycles. The second kappa shape index (κ2) is 3.84. The van der Waals surface area contributed by atoms with Gasteiger partial charge in [0.1, 0.15) is 5.78 Å². The summed E-state index contributed by atoms with van der Waals surface area (Å²) in [5, 5.41) is 9.64. The Kier molecular flexibility index (Phi) is 2.83. The number of rotatable bonds is 1. The number of likely N-dealkylation sites (tertiary alicyclic amines) is 1. The number of Topliss-reactive ketones (excluding diaryl/α,β-unsaturated/α-hetero) is 1. The summed E-state index contributed by atoms with van der Waals surface area (Å²) in [7, 11) is -3.08. The summed E-state index contributed by atoms with van der Waals surface area (Å²) in [4.78, 5) is 13.0. The van der Waals surface area contributed by atoms with Gasteiger partial charge in [0.25, 0.3) is 0 Å². The predicted molar refractivity (Wildman–Crippen MR) is 54.3 cm³/mol. The zero-order valence-corrected chi connectivity index (χ0v) is 9.24. The first-order valence-corrected chi connectivity index (χ1v) is 6.94. The number of carbonyl (C=O) groups is 1. The molecule has 2 fully saturated rings. The van der Waals surface area contributed by atoms with Crippen molar-refractivity contribution in [1.82, 2.24) is 4.90 Å². The van der Waals surface area contributed by atoms with Gasteiger partial charge in [-0.25, -0.2) is 8.42 Å². The van der Waals surface area contributed by atoms with Crippen LogP contribution in [-0.4, -0.2) is 60.9 Å². The lowest BCUT2D eigenvalue weighted by atomic mass is 10.1. The molecule has 0 aliphatic carbocycles. The van der Waals surface area contributed by atoms with Gasteiger partial charge in [0, 0.05) is 25.9 Å². The van der Waals surface area contributed by atoms with Crippen LogP contribution < -0.4 is 0 Å². The molecule has 0 aromatic rings. The molecule has 6 heteroatoms. The van der Waals surface area contributed by atoms with Crippen LogP contribution in [0.1, 0.15) is 12.8 Å². The van der Waals surface area contributed by atoms with Crippen molar-refractivity contribution in [2.24, 2.45) is 0 Å². The Bertz CT molecular complexity index is 354. The van der Waals surface area contributed by atoms with E-state index in [9.17, 15) is 18.3 Å². The summed E-state index contributed by atoms with van der Waals surface area (Å²) in [6, 6.07) is -0.303. The second-order valence-electron chi connectivity index (χ2n) is 4.29. The minimum Gasteiger partial charge on any atom is -0.390 e. The van der Waals surface area contributed by atoms with E-state index in [0.717, 1.165) is 0 Å². The third-order valence-electron chi connectivity index (χ3n) is 3.12. The lowest BCUT2D eigenvalue weighted by Crippen LogP contribution is -2.47. The van der Waals surface area contributed by atoms with Crippen LogP contribution in [0.5, 0.6) is 0 Å². The topological polar surface area (TPSA) is 74.7 Å². The van der Waals surface area contributed by atoms with Crippen LogP contribution in [0.15, 0.2) is 0 Å². The van der Waals surface area contributed by atoms with E-state index >= 15 is 0 Å². The van der Waals surface area contributed by atoms with Crippen molar-refractivity contribution >= 4 is 15.6 Å². The average Bonchev–Trinajstić information content (AvgIpc) is 2.41. The van der Waals surface area contributed by atoms with Gasteiger partial charge in [0.2, 0.25) is 0 Å². The standard InChI is InChI=1S/C9H15NO4S/c11-7-1-3-10(4-2-7)8-5-15(13,14)6-9(8)12/h8-9,12H,1-6H2/t8-,9-/m1/s1. The predicted octanol–water partition coefficient (Wildman–Crippen LogP) is -1.19. The maximum absolute atomic E-state index is 11.3. The largest absolute Gasteiger partial charge is 0.390 e. The molecule has 0 radical (unpaired) electrons. The molecule has 5 nitrogen and oxygen atoms in total. The number of carbonyl (C=O) groups excluding carboxylic acids is 1. The van der Waals surface area contributed by atoms with Crippen molar-refractivity contribution in [3.63, 3.8) is 0 Å². The van der Waals surface area contributed by atoms with Crippen LogP contribution in [0.3, 0.4) is 0 Å². The molecular weight excluding hydrogens is 218 g/mol. The maximum atomic E-state index is 11.3. The Morgan fingerprint density at radius 2 is 1.80 bits per heavy atom. The van der Waals surface area contributed by atoms with E-state index in [1.54, 1.807) is 0 Å². The summed E-state index contributed by atoms with van der Waals surface area (Å²) in [5.74, 6) is 0.117. The Morgan fingerprint density at radius 1 is 1.20 bits per heavy atom. The van der Waals surface area contributed by atoms with Crippen molar-refractivity contribution in [2.45, 2.75) is 25.0 Å². The fourth-order valence-corrected chi connectivity index (χ4v) is 4.10. The van der Waals surface area contributed by atoms with Gasteiger partial charge < -0.3 is 5.11 Å². The summed E-state index contributed by atoms with van der Waals surface area (Å²) in [5.41, 5.74) is 0. The number of hydrogen-bond donors (Lipinski definition) is 1. The van der Waals surface area contributed by atoms with Gasteiger partial charge in [-0.2, -0.15) is 0 Å². The molecule has 0 unspecified atom stereocenters. The molecule has 0 aromatic carbocycles. The van der Waals surface area contributed by atoms with Crippen LogP contribution in [0.4, 0.5) is 0 Å². The highest BCUT2D eigenvalue weighted by Crippen LogP contribution is 2.21. The monoisotopic (exact) mass is 233 g/mol. The minimum absolute atomic E-state index is 0.0301. The van der Waals surface area contributed by atoms with Crippen molar-refractivity contribution in [2.75, 3.05) is 24.6 Å². The van der Waals surface area contributed by atoms with Crippen molar-refractivity contribution in [3.8, 4) is 0 Å². The Hall–Kier alpha value is -0.460. The highest BCUT2D eigenvalue weighted by Gasteiger charge is 2.40. The fraction of sp³-hybridized carbons (Fsp3) is 0.889. The van der Waals surface area contributed by atoms with E-state index in [2.05, 4.69) is 0 Å². The molecule has 2 aliphatic heterocycles. The van der Waals surface area contributed by atoms with E-state index in [4.69, 9.17) is 0 Å². The number of nitrogens with zero attached hydrogens (tertiary/aromatic N) is 1. The van der Waals surface area contributed by atoms with Crippen molar-refractivity contribution in [1.29, 1.82) is 0 Å². The molecule has 0 aromatic heterocycles. The smallest absolute Gasteiger partial charge is 0.154 e. The SMILES string of the molecule is O=C1CCN([C@@H]2CS(=O)(=O)C[C@H]2O)CC1. The van der Waals surface area contributed by atoms with Crippen LogP contribution in [0.2, 0.25) is 0 Å². The second-order valence-corrected chi connectivity index (χ2v) is 6.44. The average molecular weight is 233 g/mol. The molecule has 0 amide bonds. The first-order chi connectivity index (χ1) is 6.98. The van der Waals surface area contributed by atoms with Crippen molar-refractivity contribution < 1.29 is 18.3 Å². The number of aliphatic hydroxyl groups is 1. The van der Waals surface area contributed by atoms with Gasteiger partial charge >= 0.3 is 0 Å². The normalized spacial score (nSPS) is 37.0. The number of hydrogen-bond acceptors (Lipinski definition) is 5. The molecule has 15 heavy (non-hydrogen) atoms. The first-order valence-electron chi connectivity index (χ1n) is 5.12. The molecule has 86 valence electrons. The third kappa shape index (κ3) is 2.38. The maximum Gasteiger partial charge on any atom is 0.154 e. The lowest BCUT2D eigenvalue weighted by Gasteiger charge is -2.32. The molecule has 0 saturated carbocycles. The van der Waals surface area contributed by atoms with Crippen LogP contribution in [0.25, 0.3) is 0 Å². The molecule has 0 spiro atoms.